The maximum Gasteiger partial charge on any atom is 0.0217 e. The number of hydrogen-bond donors (Lipinski definition) is 1. The van der Waals surface area contributed by atoms with Crippen molar-refractivity contribution >= 4 is 0 Å². The van der Waals surface area contributed by atoms with E-state index in [2.05, 4.69) is 63.8 Å². The summed E-state index contributed by atoms with van der Waals surface area (Å²) in [4.78, 5) is 5.10. The van der Waals surface area contributed by atoms with E-state index in [1.54, 1.807) is 0 Å². The van der Waals surface area contributed by atoms with Crippen molar-refractivity contribution in [2.75, 3.05) is 40.3 Å². The van der Waals surface area contributed by atoms with E-state index in [9.17, 15) is 0 Å². The molecule has 0 amide bonds. The van der Waals surface area contributed by atoms with Crippen molar-refractivity contribution < 1.29 is 0 Å². The smallest absolute Gasteiger partial charge is 0.0217 e. The molecule has 1 rings (SSSR count). The third-order valence-electron chi connectivity index (χ3n) is 4.72. The summed E-state index contributed by atoms with van der Waals surface area (Å²) in [5, 5.41) is 3.73. The Kier molecular flexibility index (Phi) is 7.15. The van der Waals surface area contributed by atoms with Gasteiger partial charge in [0.05, 0.1) is 0 Å². The Labute approximate surface area is 133 Å². The van der Waals surface area contributed by atoms with Gasteiger partial charge in [-0.2, -0.15) is 0 Å². The predicted octanol–water partition coefficient (Wildman–Crippen LogP) is 3.21. The summed E-state index contributed by atoms with van der Waals surface area (Å²) in [5.41, 5.74) is 0.597. The van der Waals surface area contributed by atoms with Crippen molar-refractivity contribution in [3.63, 3.8) is 0 Å². The molecule has 0 aromatic carbocycles. The number of hydrogen-bond acceptors (Lipinski definition) is 3. The summed E-state index contributed by atoms with van der Waals surface area (Å²) in [6.45, 7) is 16.4. The number of likely N-dealkylation sites (N-methyl/N-ethyl adjacent to an activating group) is 1. The molecule has 1 heterocycles. The van der Waals surface area contributed by atoms with E-state index < -0.39 is 0 Å². The standard InChI is InChI=1S/C18H39N3/c1-8-11-18(5,14-19-17(2,3)4)15-21-12-9-10-16(13-21)20(6)7/h16,19H,8-15H2,1-7H3. The van der Waals surface area contributed by atoms with Crippen molar-refractivity contribution in [3.05, 3.63) is 0 Å². The topological polar surface area (TPSA) is 18.5 Å². The average Bonchev–Trinajstić information content (AvgIpc) is 2.36. The van der Waals surface area contributed by atoms with Crippen LogP contribution in [-0.2, 0) is 0 Å². The summed E-state index contributed by atoms with van der Waals surface area (Å²) in [5.74, 6) is 0. The molecule has 0 saturated carbocycles. The zero-order chi connectivity index (χ0) is 16.1. The van der Waals surface area contributed by atoms with Crippen LogP contribution in [0, 0.1) is 5.41 Å². The third kappa shape index (κ3) is 7.12. The van der Waals surface area contributed by atoms with E-state index in [0.29, 0.717) is 5.41 Å². The molecule has 0 spiro atoms. The molecule has 0 bridgehead atoms. The van der Waals surface area contributed by atoms with Crippen molar-refractivity contribution in [1.82, 2.24) is 15.1 Å². The fourth-order valence-corrected chi connectivity index (χ4v) is 3.44. The summed E-state index contributed by atoms with van der Waals surface area (Å²) < 4.78 is 0. The average molecular weight is 298 g/mol. The molecule has 1 fully saturated rings. The normalized spacial score (nSPS) is 24.3. The molecular formula is C18H39N3. The van der Waals surface area contributed by atoms with E-state index in [-0.39, 0.29) is 5.54 Å². The van der Waals surface area contributed by atoms with Gasteiger partial charge in [0.25, 0.3) is 0 Å². The van der Waals surface area contributed by atoms with Crippen LogP contribution in [0.5, 0.6) is 0 Å². The van der Waals surface area contributed by atoms with Crippen molar-refractivity contribution in [3.8, 4) is 0 Å². The molecule has 1 aliphatic heterocycles. The Bertz CT molecular complexity index is 295. The second-order valence-corrected chi connectivity index (χ2v) is 8.66. The van der Waals surface area contributed by atoms with Gasteiger partial charge in [-0.05, 0) is 66.1 Å². The zero-order valence-corrected chi connectivity index (χ0v) is 15.6. The third-order valence-corrected chi connectivity index (χ3v) is 4.72. The Morgan fingerprint density at radius 1 is 1.19 bits per heavy atom. The highest BCUT2D eigenvalue weighted by molar-refractivity contribution is 4.87. The Balaban J connectivity index is 2.59. The number of nitrogens with zero attached hydrogens (tertiary/aromatic N) is 2. The largest absolute Gasteiger partial charge is 0.311 e. The first-order valence-corrected chi connectivity index (χ1v) is 8.79. The lowest BCUT2D eigenvalue weighted by Gasteiger charge is -2.42. The van der Waals surface area contributed by atoms with Crippen LogP contribution in [0.15, 0.2) is 0 Å². The van der Waals surface area contributed by atoms with Crippen LogP contribution >= 0.6 is 0 Å². The van der Waals surface area contributed by atoms with Gasteiger partial charge >= 0.3 is 0 Å². The highest BCUT2D eigenvalue weighted by Crippen LogP contribution is 2.27. The zero-order valence-electron chi connectivity index (χ0n) is 15.6. The summed E-state index contributed by atoms with van der Waals surface area (Å²) in [7, 11) is 4.45. The van der Waals surface area contributed by atoms with E-state index in [0.717, 1.165) is 12.6 Å². The van der Waals surface area contributed by atoms with Gasteiger partial charge in [-0.3, -0.25) is 0 Å². The number of nitrogens with one attached hydrogen (secondary N) is 1. The van der Waals surface area contributed by atoms with Gasteiger partial charge in [0.2, 0.25) is 0 Å². The van der Waals surface area contributed by atoms with Gasteiger partial charge in [-0.25, -0.2) is 0 Å². The molecule has 0 aromatic heterocycles. The molecule has 21 heavy (non-hydrogen) atoms. The molecule has 1 N–H and O–H groups in total. The molecule has 2 unspecified atom stereocenters. The molecule has 1 saturated heterocycles. The van der Waals surface area contributed by atoms with E-state index in [4.69, 9.17) is 0 Å². The lowest BCUT2D eigenvalue weighted by molar-refractivity contribution is 0.0824. The minimum Gasteiger partial charge on any atom is -0.311 e. The van der Waals surface area contributed by atoms with Gasteiger partial charge in [0.15, 0.2) is 0 Å². The van der Waals surface area contributed by atoms with Gasteiger partial charge in [0, 0.05) is 31.2 Å². The molecule has 2 atom stereocenters. The monoisotopic (exact) mass is 297 g/mol. The van der Waals surface area contributed by atoms with Crippen molar-refractivity contribution in [1.29, 1.82) is 0 Å². The number of piperidine rings is 1. The minimum absolute atomic E-state index is 0.211. The van der Waals surface area contributed by atoms with Crippen LogP contribution in [0.25, 0.3) is 0 Å². The highest BCUT2D eigenvalue weighted by Gasteiger charge is 2.30. The first kappa shape index (κ1) is 18.9. The lowest BCUT2D eigenvalue weighted by atomic mass is 9.83. The van der Waals surface area contributed by atoms with E-state index in [1.807, 2.05) is 0 Å². The maximum absolute atomic E-state index is 3.73. The molecule has 126 valence electrons. The minimum atomic E-state index is 0.211. The predicted molar refractivity (Wildman–Crippen MR) is 93.9 cm³/mol. The van der Waals surface area contributed by atoms with Gasteiger partial charge in [-0.15, -0.1) is 0 Å². The van der Waals surface area contributed by atoms with Crippen LogP contribution < -0.4 is 5.32 Å². The Morgan fingerprint density at radius 2 is 1.86 bits per heavy atom. The molecule has 3 nitrogen and oxygen atoms in total. The quantitative estimate of drug-likeness (QED) is 0.778. The van der Waals surface area contributed by atoms with Gasteiger partial charge in [0.1, 0.15) is 0 Å². The first-order chi connectivity index (χ1) is 9.65. The second-order valence-electron chi connectivity index (χ2n) is 8.66. The molecule has 0 aliphatic carbocycles. The fourth-order valence-electron chi connectivity index (χ4n) is 3.44. The maximum atomic E-state index is 3.73. The van der Waals surface area contributed by atoms with Crippen LogP contribution in [0.4, 0.5) is 0 Å². The number of rotatable bonds is 7. The summed E-state index contributed by atoms with van der Waals surface area (Å²) >= 11 is 0. The van der Waals surface area contributed by atoms with Gasteiger partial charge < -0.3 is 15.1 Å². The molecule has 3 heteroatoms. The van der Waals surface area contributed by atoms with Crippen molar-refractivity contribution in [2.45, 2.75) is 71.9 Å². The lowest BCUT2D eigenvalue weighted by Crippen LogP contribution is -2.51. The molecule has 0 aromatic rings. The van der Waals surface area contributed by atoms with Crippen molar-refractivity contribution in [2.24, 2.45) is 5.41 Å². The fraction of sp³-hybridized carbons (Fsp3) is 1.00. The van der Waals surface area contributed by atoms with Crippen LogP contribution in [0.3, 0.4) is 0 Å². The highest BCUT2D eigenvalue weighted by atomic mass is 15.2. The van der Waals surface area contributed by atoms with Crippen LogP contribution in [0.1, 0.15) is 60.3 Å². The molecular weight excluding hydrogens is 258 g/mol. The van der Waals surface area contributed by atoms with E-state index >= 15 is 0 Å². The van der Waals surface area contributed by atoms with Gasteiger partial charge in [-0.1, -0.05) is 20.3 Å². The first-order valence-electron chi connectivity index (χ1n) is 8.79. The SMILES string of the molecule is CCCC(C)(CNC(C)(C)C)CN1CCCC(N(C)C)C1. The number of likely N-dealkylation sites (tertiary alicyclic amines) is 1. The van der Waals surface area contributed by atoms with E-state index in [1.165, 1.54) is 45.3 Å². The Morgan fingerprint density at radius 3 is 2.38 bits per heavy atom. The molecule has 0 radical (unpaired) electrons. The van der Waals surface area contributed by atoms with Crippen LogP contribution in [0.2, 0.25) is 0 Å². The molecule has 1 aliphatic rings. The Hall–Kier alpha value is -0.120. The summed E-state index contributed by atoms with van der Waals surface area (Å²) in [6.07, 6.45) is 5.28. The second kappa shape index (κ2) is 7.94. The van der Waals surface area contributed by atoms with Crippen LogP contribution in [-0.4, -0.2) is 61.7 Å². The summed E-state index contributed by atoms with van der Waals surface area (Å²) in [6, 6.07) is 0.736.